The molecule has 0 spiro atoms. The molecular formula is C14H20O2. The van der Waals surface area contributed by atoms with Crippen LogP contribution in [-0.4, -0.2) is 11.6 Å². The van der Waals surface area contributed by atoms with Gasteiger partial charge in [0.1, 0.15) is 5.60 Å². The van der Waals surface area contributed by atoms with Gasteiger partial charge in [-0.25, -0.2) is 0 Å². The summed E-state index contributed by atoms with van der Waals surface area (Å²) in [6, 6.07) is 8.46. The Bertz CT molecular complexity index is 350. The molecule has 1 rings (SSSR count). The van der Waals surface area contributed by atoms with Crippen molar-refractivity contribution in [1.29, 1.82) is 0 Å². The molecular weight excluding hydrogens is 200 g/mol. The number of rotatable bonds is 4. The summed E-state index contributed by atoms with van der Waals surface area (Å²) in [5.41, 5.74) is 2.17. The third-order valence-electron chi connectivity index (χ3n) is 2.56. The van der Waals surface area contributed by atoms with Crippen LogP contribution in [-0.2, 0) is 16.0 Å². The van der Waals surface area contributed by atoms with E-state index in [1.54, 1.807) is 0 Å². The summed E-state index contributed by atoms with van der Waals surface area (Å²) >= 11 is 0. The number of hydrogen-bond donors (Lipinski definition) is 0. The highest BCUT2D eigenvalue weighted by Crippen LogP contribution is 2.18. The summed E-state index contributed by atoms with van der Waals surface area (Å²) in [5, 5.41) is 0. The summed E-state index contributed by atoms with van der Waals surface area (Å²) < 4.78 is 5.24. The lowest BCUT2D eigenvalue weighted by molar-refractivity contribution is -0.154. The lowest BCUT2D eigenvalue weighted by Gasteiger charge is -2.24. The van der Waals surface area contributed by atoms with Crippen LogP contribution in [0.3, 0.4) is 0 Å². The number of hydrogen-bond acceptors (Lipinski definition) is 2. The third kappa shape index (κ3) is 4.47. The normalized spacial score (nSPS) is 11.2. The second-order valence-corrected chi connectivity index (χ2v) is 4.84. The predicted octanol–water partition coefficient (Wildman–Crippen LogP) is 3.27. The molecule has 0 fully saturated rings. The molecule has 0 heterocycles. The van der Waals surface area contributed by atoms with Gasteiger partial charge in [0.25, 0.3) is 0 Å². The molecule has 0 atom stereocenters. The summed E-state index contributed by atoms with van der Waals surface area (Å²) in [4.78, 5) is 10.9. The van der Waals surface area contributed by atoms with Crippen molar-refractivity contribution >= 4 is 5.97 Å². The minimum absolute atomic E-state index is 0.214. The van der Waals surface area contributed by atoms with E-state index in [4.69, 9.17) is 4.74 Å². The first-order valence-electron chi connectivity index (χ1n) is 5.64. The van der Waals surface area contributed by atoms with Crippen LogP contribution >= 0.6 is 0 Å². The van der Waals surface area contributed by atoms with Crippen LogP contribution in [0.1, 0.15) is 38.3 Å². The van der Waals surface area contributed by atoms with Gasteiger partial charge in [0, 0.05) is 6.92 Å². The first-order chi connectivity index (χ1) is 7.39. The Balaban J connectivity index is 2.50. The number of ether oxygens (including phenoxy) is 1. The van der Waals surface area contributed by atoms with Gasteiger partial charge in [0.15, 0.2) is 0 Å². The highest BCUT2D eigenvalue weighted by molar-refractivity contribution is 5.66. The van der Waals surface area contributed by atoms with Gasteiger partial charge in [-0.15, -0.1) is 0 Å². The van der Waals surface area contributed by atoms with E-state index in [-0.39, 0.29) is 11.6 Å². The molecule has 16 heavy (non-hydrogen) atoms. The SMILES string of the molecule is CC(=O)OC(C)(C)CCc1ccc(C)cc1. The van der Waals surface area contributed by atoms with Crippen LogP contribution in [0.15, 0.2) is 24.3 Å². The van der Waals surface area contributed by atoms with E-state index in [1.165, 1.54) is 18.1 Å². The molecule has 0 radical (unpaired) electrons. The second-order valence-electron chi connectivity index (χ2n) is 4.84. The lowest BCUT2D eigenvalue weighted by atomic mass is 9.98. The van der Waals surface area contributed by atoms with Crippen molar-refractivity contribution in [1.82, 2.24) is 0 Å². The summed E-state index contributed by atoms with van der Waals surface area (Å²) in [7, 11) is 0. The molecule has 0 saturated carbocycles. The van der Waals surface area contributed by atoms with Crippen LogP contribution in [0.4, 0.5) is 0 Å². The fourth-order valence-corrected chi connectivity index (χ4v) is 1.64. The Hall–Kier alpha value is -1.31. The van der Waals surface area contributed by atoms with Crippen molar-refractivity contribution in [2.75, 3.05) is 0 Å². The van der Waals surface area contributed by atoms with Gasteiger partial charge in [-0.05, 0) is 39.2 Å². The third-order valence-corrected chi connectivity index (χ3v) is 2.56. The van der Waals surface area contributed by atoms with E-state index in [0.29, 0.717) is 0 Å². The average Bonchev–Trinajstić information content (AvgIpc) is 2.15. The summed E-state index contributed by atoms with van der Waals surface area (Å²) in [6.45, 7) is 7.42. The van der Waals surface area contributed by atoms with Crippen molar-refractivity contribution in [3.63, 3.8) is 0 Å². The minimum atomic E-state index is -0.378. The zero-order valence-corrected chi connectivity index (χ0v) is 10.5. The van der Waals surface area contributed by atoms with Crippen LogP contribution in [0, 0.1) is 6.92 Å². The summed E-state index contributed by atoms with van der Waals surface area (Å²) in [5.74, 6) is -0.214. The highest BCUT2D eigenvalue weighted by atomic mass is 16.6. The second kappa shape index (κ2) is 5.15. The standard InChI is InChI=1S/C14H20O2/c1-11-5-7-13(8-6-11)9-10-14(3,4)16-12(2)15/h5-8H,9-10H2,1-4H3. The maximum atomic E-state index is 10.9. The first-order valence-corrected chi connectivity index (χ1v) is 5.64. The molecule has 1 aromatic carbocycles. The van der Waals surface area contributed by atoms with E-state index in [9.17, 15) is 4.79 Å². The van der Waals surface area contributed by atoms with Crippen molar-refractivity contribution in [3.8, 4) is 0 Å². The first kappa shape index (κ1) is 12.8. The molecule has 0 N–H and O–H groups in total. The molecule has 0 unspecified atom stereocenters. The molecule has 1 aromatic rings. The fraction of sp³-hybridized carbons (Fsp3) is 0.500. The van der Waals surface area contributed by atoms with Crippen molar-refractivity contribution in [2.45, 2.75) is 46.1 Å². The fourth-order valence-electron chi connectivity index (χ4n) is 1.64. The van der Waals surface area contributed by atoms with Crippen LogP contribution in [0.5, 0.6) is 0 Å². The Morgan fingerprint density at radius 3 is 2.31 bits per heavy atom. The number of esters is 1. The molecule has 2 heteroatoms. The monoisotopic (exact) mass is 220 g/mol. The molecule has 0 amide bonds. The van der Waals surface area contributed by atoms with Crippen LogP contribution in [0.25, 0.3) is 0 Å². The van der Waals surface area contributed by atoms with Crippen LogP contribution < -0.4 is 0 Å². The van der Waals surface area contributed by atoms with Gasteiger partial charge >= 0.3 is 5.97 Å². The molecule has 0 bridgehead atoms. The van der Waals surface area contributed by atoms with Gasteiger partial charge in [-0.2, -0.15) is 0 Å². The quantitative estimate of drug-likeness (QED) is 0.728. The number of benzene rings is 1. The van der Waals surface area contributed by atoms with Crippen molar-refractivity contribution < 1.29 is 9.53 Å². The summed E-state index contributed by atoms with van der Waals surface area (Å²) in [6.07, 6.45) is 1.77. The van der Waals surface area contributed by atoms with Crippen LogP contribution in [0.2, 0.25) is 0 Å². The molecule has 0 aliphatic heterocycles. The Labute approximate surface area is 97.6 Å². The Morgan fingerprint density at radius 2 is 1.81 bits per heavy atom. The van der Waals surface area contributed by atoms with Gasteiger partial charge in [-0.3, -0.25) is 4.79 Å². The maximum Gasteiger partial charge on any atom is 0.303 e. The zero-order valence-electron chi connectivity index (χ0n) is 10.5. The molecule has 0 aromatic heterocycles. The van der Waals surface area contributed by atoms with E-state index in [0.717, 1.165) is 12.8 Å². The van der Waals surface area contributed by atoms with Gasteiger partial charge in [-0.1, -0.05) is 29.8 Å². The largest absolute Gasteiger partial charge is 0.460 e. The van der Waals surface area contributed by atoms with E-state index in [1.807, 2.05) is 13.8 Å². The molecule has 0 aliphatic carbocycles. The number of carbonyl (C=O) groups is 1. The lowest BCUT2D eigenvalue weighted by Crippen LogP contribution is -2.27. The van der Waals surface area contributed by atoms with Gasteiger partial charge in [0.05, 0.1) is 0 Å². The molecule has 2 nitrogen and oxygen atoms in total. The van der Waals surface area contributed by atoms with Crippen molar-refractivity contribution in [3.05, 3.63) is 35.4 Å². The van der Waals surface area contributed by atoms with Crippen molar-refractivity contribution in [2.24, 2.45) is 0 Å². The van der Waals surface area contributed by atoms with E-state index in [2.05, 4.69) is 31.2 Å². The average molecular weight is 220 g/mol. The predicted molar refractivity (Wildman–Crippen MR) is 65.3 cm³/mol. The van der Waals surface area contributed by atoms with Gasteiger partial charge < -0.3 is 4.74 Å². The number of carbonyl (C=O) groups excluding carboxylic acids is 1. The molecule has 88 valence electrons. The number of aryl methyl sites for hydroxylation is 2. The smallest absolute Gasteiger partial charge is 0.303 e. The van der Waals surface area contributed by atoms with E-state index < -0.39 is 0 Å². The Kier molecular flexibility index (Phi) is 4.11. The molecule has 0 saturated heterocycles. The molecule has 0 aliphatic rings. The Morgan fingerprint density at radius 1 is 1.25 bits per heavy atom. The zero-order chi connectivity index (χ0) is 12.2. The van der Waals surface area contributed by atoms with Gasteiger partial charge in [0.2, 0.25) is 0 Å². The topological polar surface area (TPSA) is 26.3 Å². The van der Waals surface area contributed by atoms with E-state index >= 15 is 0 Å². The highest BCUT2D eigenvalue weighted by Gasteiger charge is 2.20. The maximum absolute atomic E-state index is 10.9. The minimum Gasteiger partial charge on any atom is -0.460 e.